The lowest BCUT2D eigenvalue weighted by molar-refractivity contribution is -0.0361. The van der Waals surface area contributed by atoms with E-state index in [0.717, 1.165) is 50.2 Å². The third-order valence-corrected chi connectivity index (χ3v) is 6.32. The number of hydrogen-bond donors (Lipinski definition) is 0. The van der Waals surface area contributed by atoms with Crippen molar-refractivity contribution >= 4 is 22.6 Å². The molecule has 1 aromatic carbocycles. The van der Waals surface area contributed by atoms with Crippen molar-refractivity contribution in [1.82, 2.24) is 19.3 Å². The predicted octanol–water partition coefficient (Wildman–Crippen LogP) is 6.44. The summed E-state index contributed by atoms with van der Waals surface area (Å²) in [5.41, 5.74) is 7.29. The van der Waals surface area contributed by atoms with Crippen LogP contribution in [0.4, 0.5) is 0 Å². The average Bonchev–Trinajstić information content (AvgIpc) is 3.28. The monoisotopic (exact) mass is 475 g/mol. The molecule has 34 heavy (non-hydrogen) atoms. The molecule has 6 nitrogen and oxygen atoms in total. The van der Waals surface area contributed by atoms with Crippen LogP contribution in [-0.2, 0) is 18.3 Å². The predicted molar refractivity (Wildman–Crippen MR) is 136 cm³/mol. The third kappa shape index (κ3) is 4.46. The van der Waals surface area contributed by atoms with E-state index in [1.165, 1.54) is 0 Å². The number of ether oxygens (including phenoxy) is 1. The van der Waals surface area contributed by atoms with Crippen LogP contribution in [-0.4, -0.2) is 24.9 Å². The fraction of sp³-hybridized carbons (Fsp3) is 0.370. The van der Waals surface area contributed by atoms with Gasteiger partial charge in [-0.3, -0.25) is 4.68 Å². The van der Waals surface area contributed by atoms with Crippen molar-refractivity contribution in [2.75, 3.05) is 0 Å². The molecule has 176 valence electrons. The summed E-state index contributed by atoms with van der Waals surface area (Å²) in [5.74, 6) is 0. The SMILES string of the molecule is Cc1nc2c(c(C)c(C)n2Cc2cnn(C)c2)c(-c2ccc(Cl)cc2)c1[C@@H](C#N)OC(C)(C)C. The Labute approximate surface area is 205 Å². The molecule has 0 amide bonds. The summed E-state index contributed by atoms with van der Waals surface area (Å²) >= 11 is 6.22. The van der Waals surface area contributed by atoms with Crippen LogP contribution in [0.1, 0.15) is 55.0 Å². The van der Waals surface area contributed by atoms with Crippen LogP contribution in [0.15, 0.2) is 36.7 Å². The van der Waals surface area contributed by atoms with E-state index in [0.29, 0.717) is 11.6 Å². The highest BCUT2D eigenvalue weighted by Gasteiger charge is 2.29. The second-order valence-electron chi connectivity index (χ2n) is 9.75. The lowest BCUT2D eigenvalue weighted by atomic mass is 9.91. The van der Waals surface area contributed by atoms with E-state index in [4.69, 9.17) is 21.3 Å². The molecule has 0 saturated heterocycles. The largest absolute Gasteiger partial charge is 0.353 e. The number of halogens is 1. The molecule has 7 heteroatoms. The van der Waals surface area contributed by atoms with Crippen LogP contribution in [0.25, 0.3) is 22.2 Å². The Kier molecular flexibility index (Phi) is 6.28. The van der Waals surface area contributed by atoms with Gasteiger partial charge < -0.3 is 9.30 Å². The Morgan fingerprint density at radius 1 is 1.15 bits per heavy atom. The summed E-state index contributed by atoms with van der Waals surface area (Å²) in [6.07, 6.45) is 3.14. The van der Waals surface area contributed by atoms with E-state index in [9.17, 15) is 5.26 Å². The highest BCUT2D eigenvalue weighted by Crippen LogP contribution is 2.42. The molecule has 0 aliphatic rings. The number of rotatable bonds is 5. The number of aromatic nitrogens is 4. The quantitative estimate of drug-likeness (QED) is 0.333. The summed E-state index contributed by atoms with van der Waals surface area (Å²) in [6.45, 7) is 12.7. The van der Waals surface area contributed by atoms with Crippen LogP contribution in [0, 0.1) is 32.1 Å². The van der Waals surface area contributed by atoms with Gasteiger partial charge in [-0.15, -0.1) is 0 Å². The fourth-order valence-corrected chi connectivity index (χ4v) is 4.59. The van der Waals surface area contributed by atoms with Crippen molar-refractivity contribution in [3.63, 3.8) is 0 Å². The van der Waals surface area contributed by atoms with E-state index >= 15 is 0 Å². The van der Waals surface area contributed by atoms with E-state index in [1.807, 2.05) is 71.4 Å². The molecule has 0 fully saturated rings. The molecule has 4 aromatic rings. The lowest BCUT2D eigenvalue weighted by Gasteiger charge is -2.26. The summed E-state index contributed by atoms with van der Waals surface area (Å²) in [6, 6.07) is 10.1. The molecule has 0 N–H and O–H groups in total. The van der Waals surface area contributed by atoms with Crippen molar-refractivity contribution < 1.29 is 4.74 Å². The Morgan fingerprint density at radius 2 is 1.82 bits per heavy atom. The summed E-state index contributed by atoms with van der Waals surface area (Å²) in [4.78, 5) is 5.04. The maximum atomic E-state index is 10.1. The molecule has 0 saturated carbocycles. The Hall–Kier alpha value is -3.14. The third-order valence-electron chi connectivity index (χ3n) is 6.07. The maximum Gasteiger partial charge on any atom is 0.172 e. The number of nitrogens with zero attached hydrogens (tertiary/aromatic N) is 5. The molecule has 4 rings (SSSR count). The van der Waals surface area contributed by atoms with E-state index in [1.54, 1.807) is 4.68 Å². The number of fused-ring (bicyclic) bond motifs is 1. The van der Waals surface area contributed by atoms with Gasteiger partial charge in [0.25, 0.3) is 0 Å². The van der Waals surface area contributed by atoms with Crippen molar-refractivity contribution in [2.45, 2.75) is 59.8 Å². The normalized spacial score (nSPS) is 12.8. The number of pyridine rings is 1. The zero-order chi connectivity index (χ0) is 24.8. The zero-order valence-corrected chi connectivity index (χ0v) is 21.5. The van der Waals surface area contributed by atoms with Gasteiger partial charge in [0.15, 0.2) is 6.10 Å². The molecular formula is C27H30ClN5O. The van der Waals surface area contributed by atoms with Gasteiger partial charge in [-0.05, 0) is 64.8 Å². The van der Waals surface area contributed by atoms with Crippen molar-refractivity contribution in [3.05, 3.63) is 69.8 Å². The number of benzene rings is 1. The maximum absolute atomic E-state index is 10.1. The molecule has 0 aliphatic carbocycles. The molecule has 0 bridgehead atoms. The number of hydrogen-bond acceptors (Lipinski definition) is 4. The molecular weight excluding hydrogens is 446 g/mol. The van der Waals surface area contributed by atoms with E-state index < -0.39 is 11.7 Å². The summed E-state index contributed by atoms with van der Waals surface area (Å²) in [7, 11) is 1.92. The molecule has 3 aromatic heterocycles. The van der Waals surface area contributed by atoms with Crippen molar-refractivity contribution in [2.24, 2.45) is 7.05 Å². The van der Waals surface area contributed by atoms with Gasteiger partial charge in [0.1, 0.15) is 5.65 Å². The van der Waals surface area contributed by atoms with Gasteiger partial charge in [-0.25, -0.2) is 4.98 Å². The minimum Gasteiger partial charge on any atom is -0.353 e. The fourth-order valence-electron chi connectivity index (χ4n) is 4.47. The first kappa shape index (κ1) is 24.0. The molecule has 0 radical (unpaired) electrons. The van der Waals surface area contributed by atoms with Gasteiger partial charge in [0.05, 0.1) is 24.4 Å². The molecule has 1 atom stereocenters. The van der Waals surface area contributed by atoms with Crippen LogP contribution < -0.4 is 0 Å². The van der Waals surface area contributed by atoms with Crippen molar-refractivity contribution in [1.29, 1.82) is 5.26 Å². The molecule has 0 spiro atoms. The topological polar surface area (TPSA) is 68.7 Å². The van der Waals surface area contributed by atoms with E-state index in [2.05, 4.69) is 29.6 Å². The lowest BCUT2D eigenvalue weighted by Crippen LogP contribution is -2.23. The van der Waals surface area contributed by atoms with Gasteiger partial charge in [0.2, 0.25) is 0 Å². The first-order chi connectivity index (χ1) is 16.0. The van der Waals surface area contributed by atoms with Crippen molar-refractivity contribution in [3.8, 4) is 17.2 Å². The van der Waals surface area contributed by atoms with Crippen LogP contribution in [0.3, 0.4) is 0 Å². The molecule has 0 unspecified atom stereocenters. The molecule has 3 heterocycles. The first-order valence-corrected chi connectivity index (χ1v) is 11.7. The van der Waals surface area contributed by atoms with E-state index in [-0.39, 0.29) is 0 Å². The second kappa shape index (κ2) is 8.90. The Bertz CT molecular complexity index is 1400. The zero-order valence-electron chi connectivity index (χ0n) is 20.8. The van der Waals surface area contributed by atoms with Crippen LogP contribution >= 0.6 is 11.6 Å². The minimum absolute atomic E-state index is 0.490. The smallest absolute Gasteiger partial charge is 0.172 e. The average molecular weight is 476 g/mol. The first-order valence-electron chi connectivity index (χ1n) is 11.3. The van der Waals surface area contributed by atoms with Gasteiger partial charge in [0, 0.05) is 51.7 Å². The summed E-state index contributed by atoms with van der Waals surface area (Å²) < 4.78 is 10.3. The Morgan fingerprint density at radius 3 is 2.38 bits per heavy atom. The molecule has 0 aliphatic heterocycles. The second-order valence-corrected chi connectivity index (χ2v) is 10.2. The number of aryl methyl sites for hydroxylation is 3. The highest BCUT2D eigenvalue weighted by atomic mass is 35.5. The summed E-state index contributed by atoms with van der Waals surface area (Å²) in [5, 5.41) is 16.2. The standard InChI is InChI=1S/C27H30ClN5O/c1-16-18(3)33(15-19-13-30-32(7)14-19)26-23(16)25(20-8-10-21(28)11-9-20)24(17(2)31-26)22(12-29)34-27(4,5)6/h8-11,13-14,22H,15H2,1-7H3/t22-/m1/s1. The van der Waals surface area contributed by atoms with Gasteiger partial charge >= 0.3 is 0 Å². The van der Waals surface area contributed by atoms with Gasteiger partial charge in [-0.1, -0.05) is 23.7 Å². The van der Waals surface area contributed by atoms with Crippen LogP contribution in [0.5, 0.6) is 0 Å². The minimum atomic E-state index is -0.760. The Balaban J connectivity index is 2.05. The highest BCUT2D eigenvalue weighted by molar-refractivity contribution is 6.30. The van der Waals surface area contributed by atoms with Gasteiger partial charge in [-0.2, -0.15) is 10.4 Å². The van der Waals surface area contributed by atoms with Crippen LogP contribution in [0.2, 0.25) is 5.02 Å². The number of nitriles is 1.